The van der Waals surface area contributed by atoms with Gasteiger partial charge in [-0.2, -0.15) is 0 Å². The lowest BCUT2D eigenvalue weighted by atomic mass is 10.1. The van der Waals surface area contributed by atoms with Crippen LogP contribution in [0.1, 0.15) is 5.56 Å². The zero-order valence-electron chi connectivity index (χ0n) is 9.42. The van der Waals surface area contributed by atoms with E-state index in [1.165, 1.54) is 0 Å². The quantitative estimate of drug-likeness (QED) is 0.492. The fourth-order valence-corrected chi connectivity index (χ4v) is 1.76. The Morgan fingerprint density at radius 3 is 2.88 bits per heavy atom. The molecule has 92 valence electrons. The summed E-state index contributed by atoms with van der Waals surface area (Å²) in [5.41, 5.74) is 6.63. The van der Waals surface area contributed by atoms with Gasteiger partial charge in [-0.25, -0.2) is 0 Å². The Bertz CT molecular complexity index is 416. The van der Waals surface area contributed by atoms with E-state index >= 15 is 0 Å². The summed E-state index contributed by atoms with van der Waals surface area (Å²) in [6.07, 6.45) is 2.45. The average Bonchev–Trinajstić information content (AvgIpc) is 2.29. The smallest absolute Gasteiger partial charge is 0.188 e. The summed E-state index contributed by atoms with van der Waals surface area (Å²) < 4.78 is 0. The molecule has 0 saturated heterocycles. The van der Waals surface area contributed by atoms with Gasteiger partial charge >= 0.3 is 0 Å². The zero-order chi connectivity index (χ0) is 12.7. The lowest BCUT2D eigenvalue weighted by molar-refractivity contribution is 0.930. The first kappa shape index (κ1) is 13.9. The molecule has 0 atom stereocenters. The van der Waals surface area contributed by atoms with Crippen molar-refractivity contribution in [3.63, 3.8) is 0 Å². The van der Waals surface area contributed by atoms with Crippen molar-refractivity contribution in [3.05, 3.63) is 46.5 Å². The van der Waals surface area contributed by atoms with Crippen molar-refractivity contribution < 1.29 is 0 Å². The van der Waals surface area contributed by atoms with Gasteiger partial charge in [0.2, 0.25) is 0 Å². The summed E-state index contributed by atoms with van der Waals surface area (Å²) in [5, 5.41) is 4.19. The first-order valence-corrected chi connectivity index (χ1v) is 5.97. The van der Waals surface area contributed by atoms with Crippen LogP contribution in [0.15, 0.2) is 35.8 Å². The van der Waals surface area contributed by atoms with E-state index in [4.69, 9.17) is 28.9 Å². The number of nitrogens with two attached hydrogens (primary N) is 1. The number of rotatable bonds is 5. The molecule has 0 bridgehead atoms. The molecule has 1 aromatic carbocycles. The van der Waals surface area contributed by atoms with Crippen LogP contribution in [0.5, 0.6) is 0 Å². The van der Waals surface area contributed by atoms with Gasteiger partial charge in [0.05, 0.1) is 0 Å². The lowest BCUT2D eigenvalue weighted by Crippen LogP contribution is -2.31. The molecule has 0 unspecified atom stereocenters. The van der Waals surface area contributed by atoms with Crippen LogP contribution in [-0.4, -0.2) is 19.0 Å². The highest BCUT2D eigenvalue weighted by molar-refractivity contribution is 6.35. The third kappa shape index (κ3) is 5.11. The molecule has 3 N–H and O–H groups in total. The van der Waals surface area contributed by atoms with Crippen molar-refractivity contribution in [2.45, 2.75) is 6.42 Å². The normalized spacial score (nSPS) is 11.3. The summed E-state index contributed by atoms with van der Waals surface area (Å²) in [6.45, 7) is 4.77. The number of benzene rings is 1. The highest BCUT2D eigenvalue weighted by Gasteiger charge is 2.00. The SMILES string of the molecule is C=CCNC(N)=NCCc1ccc(Cl)cc1Cl. The molecule has 0 aliphatic heterocycles. The predicted octanol–water partition coefficient (Wildman–Crippen LogP) is 2.63. The number of hydrogen-bond acceptors (Lipinski definition) is 1. The minimum Gasteiger partial charge on any atom is -0.370 e. The molecule has 0 aromatic heterocycles. The van der Waals surface area contributed by atoms with Gasteiger partial charge in [-0.3, -0.25) is 4.99 Å². The third-order valence-electron chi connectivity index (χ3n) is 2.11. The Morgan fingerprint density at radius 1 is 1.47 bits per heavy atom. The molecule has 0 aliphatic rings. The molecule has 0 saturated carbocycles. The Kier molecular flexibility index (Phi) is 5.87. The molecular formula is C12H15Cl2N3. The predicted molar refractivity (Wildman–Crippen MR) is 74.9 cm³/mol. The van der Waals surface area contributed by atoms with Crippen molar-refractivity contribution in [3.8, 4) is 0 Å². The Labute approximate surface area is 111 Å². The molecule has 0 radical (unpaired) electrons. The molecule has 5 heteroatoms. The van der Waals surface area contributed by atoms with E-state index in [-0.39, 0.29) is 0 Å². The van der Waals surface area contributed by atoms with E-state index < -0.39 is 0 Å². The maximum atomic E-state index is 6.04. The van der Waals surface area contributed by atoms with Crippen LogP contribution in [0.4, 0.5) is 0 Å². The minimum absolute atomic E-state index is 0.412. The molecule has 3 nitrogen and oxygen atoms in total. The Morgan fingerprint density at radius 2 is 2.24 bits per heavy atom. The molecule has 0 amide bonds. The third-order valence-corrected chi connectivity index (χ3v) is 2.69. The zero-order valence-corrected chi connectivity index (χ0v) is 10.9. The van der Waals surface area contributed by atoms with Crippen LogP contribution in [0.3, 0.4) is 0 Å². The molecule has 1 rings (SSSR count). The number of nitrogens with zero attached hydrogens (tertiary/aromatic N) is 1. The maximum Gasteiger partial charge on any atom is 0.188 e. The van der Waals surface area contributed by atoms with Gasteiger partial charge in [-0.05, 0) is 24.1 Å². The molecule has 0 heterocycles. The first-order chi connectivity index (χ1) is 8.13. The number of nitrogens with one attached hydrogen (secondary N) is 1. The minimum atomic E-state index is 0.412. The van der Waals surface area contributed by atoms with E-state index in [2.05, 4.69) is 16.9 Å². The summed E-state index contributed by atoms with van der Waals surface area (Å²) in [7, 11) is 0. The summed E-state index contributed by atoms with van der Waals surface area (Å²) in [6, 6.07) is 5.43. The standard InChI is InChI=1S/C12H15Cl2N3/c1-2-6-16-12(15)17-7-5-9-3-4-10(13)8-11(9)14/h2-4,8H,1,5-7H2,(H3,15,16,17). The highest BCUT2D eigenvalue weighted by atomic mass is 35.5. The van der Waals surface area contributed by atoms with Crippen LogP contribution in [-0.2, 0) is 6.42 Å². The van der Waals surface area contributed by atoms with Gasteiger partial charge < -0.3 is 11.1 Å². The monoisotopic (exact) mass is 271 g/mol. The van der Waals surface area contributed by atoms with Crippen molar-refractivity contribution in [2.24, 2.45) is 10.7 Å². The van der Waals surface area contributed by atoms with Crippen molar-refractivity contribution in [1.82, 2.24) is 5.32 Å². The lowest BCUT2D eigenvalue weighted by Gasteiger charge is -2.04. The van der Waals surface area contributed by atoms with E-state index in [0.717, 1.165) is 12.0 Å². The van der Waals surface area contributed by atoms with Gasteiger partial charge in [-0.15, -0.1) is 6.58 Å². The average molecular weight is 272 g/mol. The van der Waals surface area contributed by atoms with Crippen LogP contribution in [0.25, 0.3) is 0 Å². The molecule has 17 heavy (non-hydrogen) atoms. The number of halogens is 2. The van der Waals surface area contributed by atoms with Crippen molar-refractivity contribution >= 4 is 29.2 Å². The largest absolute Gasteiger partial charge is 0.370 e. The molecular weight excluding hydrogens is 257 g/mol. The van der Waals surface area contributed by atoms with Crippen LogP contribution in [0, 0.1) is 0 Å². The van der Waals surface area contributed by atoms with Crippen molar-refractivity contribution in [2.75, 3.05) is 13.1 Å². The summed E-state index contributed by atoms with van der Waals surface area (Å²) in [5.74, 6) is 0.412. The fourth-order valence-electron chi connectivity index (χ4n) is 1.25. The second-order valence-corrected chi connectivity index (χ2v) is 4.27. The Balaban J connectivity index is 2.47. The highest BCUT2D eigenvalue weighted by Crippen LogP contribution is 2.21. The Hall–Kier alpha value is -1.19. The van der Waals surface area contributed by atoms with Gasteiger partial charge in [0.25, 0.3) is 0 Å². The van der Waals surface area contributed by atoms with Crippen LogP contribution >= 0.6 is 23.2 Å². The van der Waals surface area contributed by atoms with Crippen molar-refractivity contribution in [1.29, 1.82) is 0 Å². The number of guanidine groups is 1. The van der Waals surface area contributed by atoms with E-state index in [1.54, 1.807) is 12.1 Å². The van der Waals surface area contributed by atoms with Gasteiger partial charge in [-0.1, -0.05) is 35.3 Å². The van der Waals surface area contributed by atoms with Crippen LogP contribution < -0.4 is 11.1 Å². The van der Waals surface area contributed by atoms with Crippen LogP contribution in [0.2, 0.25) is 10.0 Å². The first-order valence-electron chi connectivity index (χ1n) is 5.22. The summed E-state index contributed by atoms with van der Waals surface area (Å²) >= 11 is 11.8. The number of hydrogen-bond donors (Lipinski definition) is 2. The van der Waals surface area contributed by atoms with E-state index in [9.17, 15) is 0 Å². The molecule has 0 fully saturated rings. The molecule has 1 aromatic rings. The van der Waals surface area contributed by atoms with Gasteiger partial charge in [0, 0.05) is 23.1 Å². The summed E-state index contributed by atoms with van der Waals surface area (Å²) in [4.78, 5) is 4.16. The molecule has 0 spiro atoms. The second-order valence-electron chi connectivity index (χ2n) is 3.42. The topological polar surface area (TPSA) is 50.4 Å². The van der Waals surface area contributed by atoms with Gasteiger partial charge in [0.15, 0.2) is 5.96 Å². The fraction of sp³-hybridized carbons (Fsp3) is 0.250. The maximum absolute atomic E-state index is 6.04. The second kappa shape index (κ2) is 7.20. The van der Waals surface area contributed by atoms with Gasteiger partial charge in [0.1, 0.15) is 0 Å². The van der Waals surface area contributed by atoms with E-state index in [0.29, 0.717) is 29.1 Å². The molecule has 0 aliphatic carbocycles. The number of aliphatic imine (C=N–C) groups is 1. The van der Waals surface area contributed by atoms with E-state index in [1.807, 2.05) is 12.1 Å².